The molecule has 148 valence electrons. The normalized spacial score (nSPS) is 15.5. The van der Waals surface area contributed by atoms with Gasteiger partial charge < -0.3 is 15.2 Å². The van der Waals surface area contributed by atoms with Crippen LogP contribution in [0.4, 0.5) is 0 Å². The van der Waals surface area contributed by atoms with E-state index < -0.39 is 0 Å². The first kappa shape index (κ1) is 21.4. The van der Waals surface area contributed by atoms with E-state index in [-0.39, 0.29) is 23.7 Å². The van der Waals surface area contributed by atoms with Gasteiger partial charge in [-0.1, -0.05) is 38.1 Å². The summed E-state index contributed by atoms with van der Waals surface area (Å²) >= 11 is 0. The number of nitrogens with two attached hydrogens (primary N) is 1. The van der Waals surface area contributed by atoms with Gasteiger partial charge in [-0.15, -0.1) is 12.4 Å². The molecule has 0 unspecified atom stereocenters. The van der Waals surface area contributed by atoms with Crippen LogP contribution in [0.3, 0.4) is 0 Å². The molecular weight excluding hydrogens is 364 g/mol. The number of carbonyl (C=O) groups excluding carboxylic acids is 1. The number of hydrogen-bond acceptors (Lipinski definition) is 5. The number of aromatic nitrogens is 2. The molecule has 1 aromatic carbocycles. The van der Waals surface area contributed by atoms with Gasteiger partial charge in [0.2, 0.25) is 11.7 Å². The van der Waals surface area contributed by atoms with E-state index in [4.69, 9.17) is 10.3 Å². The number of carbonyl (C=O) groups is 1. The summed E-state index contributed by atoms with van der Waals surface area (Å²) in [6, 6.07) is 7.47. The number of benzene rings is 1. The van der Waals surface area contributed by atoms with Crippen LogP contribution < -0.4 is 5.73 Å². The second kappa shape index (κ2) is 8.85. The molecule has 6 nitrogen and oxygen atoms in total. The van der Waals surface area contributed by atoms with Gasteiger partial charge in [0.15, 0.2) is 0 Å². The third kappa shape index (κ3) is 5.53. The minimum Gasteiger partial charge on any atom is -0.339 e. The standard InChI is InChI=1S/C20H28N4O2.ClH/c1-20(2,3)12-17-22-18(23-26-17)15-5-4-6-16(11-15)19(25)24-9-7-14(13-21)8-10-24;/h4-6,11,14H,7-10,12-13,21H2,1-3H3;1H. The molecule has 1 aromatic heterocycles. The number of likely N-dealkylation sites (tertiary alicyclic amines) is 1. The van der Waals surface area contributed by atoms with E-state index >= 15 is 0 Å². The first-order valence-electron chi connectivity index (χ1n) is 9.28. The molecule has 0 radical (unpaired) electrons. The topological polar surface area (TPSA) is 85.2 Å². The van der Waals surface area contributed by atoms with Crippen molar-refractivity contribution in [3.05, 3.63) is 35.7 Å². The maximum Gasteiger partial charge on any atom is 0.253 e. The van der Waals surface area contributed by atoms with Gasteiger partial charge in [-0.05, 0) is 42.9 Å². The fraction of sp³-hybridized carbons (Fsp3) is 0.550. The number of piperidine rings is 1. The maximum absolute atomic E-state index is 12.8. The lowest BCUT2D eigenvalue weighted by Crippen LogP contribution is -2.40. The minimum atomic E-state index is 0. The van der Waals surface area contributed by atoms with Crippen molar-refractivity contribution in [2.75, 3.05) is 19.6 Å². The Morgan fingerprint density at radius 3 is 2.63 bits per heavy atom. The van der Waals surface area contributed by atoms with E-state index in [1.165, 1.54) is 0 Å². The number of halogens is 1. The molecule has 1 amide bonds. The lowest BCUT2D eigenvalue weighted by atomic mass is 9.92. The van der Waals surface area contributed by atoms with Crippen molar-refractivity contribution in [3.63, 3.8) is 0 Å². The number of nitrogens with zero attached hydrogens (tertiary/aromatic N) is 3. The molecule has 1 fully saturated rings. The molecule has 0 bridgehead atoms. The zero-order chi connectivity index (χ0) is 18.7. The van der Waals surface area contributed by atoms with E-state index in [0.717, 1.165) is 31.5 Å². The quantitative estimate of drug-likeness (QED) is 0.859. The van der Waals surface area contributed by atoms with Crippen LogP contribution in [0.5, 0.6) is 0 Å². The molecule has 1 aliphatic rings. The van der Waals surface area contributed by atoms with Gasteiger partial charge in [-0.2, -0.15) is 4.98 Å². The Morgan fingerprint density at radius 1 is 1.30 bits per heavy atom. The fourth-order valence-electron chi connectivity index (χ4n) is 3.24. The third-order valence-corrected chi connectivity index (χ3v) is 4.75. The lowest BCUT2D eigenvalue weighted by Gasteiger charge is -2.31. The lowest BCUT2D eigenvalue weighted by molar-refractivity contribution is 0.0693. The van der Waals surface area contributed by atoms with E-state index in [1.54, 1.807) is 0 Å². The molecule has 1 saturated heterocycles. The van der Waals surface area contributed by atoms with Crippen molar-refractivity contribution in [1.29, 1.82) is 0 Å². The summed E-state index contributed by atoms with van der Waals surface area (Å²) < 4.78 is 5.37. The summed E-state index contributed by atoms with van der Waals surface area (Å²) in [7, 11) is 0. The van der Waals surface area contributed by atoms with Crippen LogP contribution in [0.15, 0.2) is 28.8 Å². The molecule has 0 aliphatic carbocycles. The van der Waals surface area contributed by atoms with Gasteiger partial charge in [0, 0.05) is 30.6 Å². The highest BCUT2D eigenvalue weighted by Gasteiger charge is 2.23. The van der Waals surface area contributed by atoms with Crippen LogP contribution in [-0.2, 0) is 6.42 Å². The van der Waals surface area contributed by atoms with Crippen LogP contribution in [0, 0.1) is 11.3 Å². The second-order valence-electron chi connectivity index (χ2n) is 8.30. The highest BCUT2D eigenvalue weighted by molar-refractivity contribution is 5.95. The summed E-state index contributed by atoms with van der Waals surface area (Å²) in [5.74, 6) is 1.74. The van der Waals surface area contributed by atoms with Crippen LogP contribution >= 0.6 is 12.4 Å². The predicted molar refractivity (Wildman–Crippen MR) is 108 cm³/mol. The van der Waals surface area contributed by atoms with Crippen molar-refractivity contribution in [3.8, 4) is 11.4 Å². The first-order valence-corrected chi connectivity index (χ1v) is 9.28. The van der Waals surface area contributed by atoms with Gasteiger partial charge >= 0.3 is 0 Å². The monoisotopic (exact) mass is 392 g/mol. The molecule has 0 spiro atoms. The molecule has 2 aromatic rings. The molecule has 0 saturated carbocycles. The molecule has 2 N–H and O–H groups in total. The average Bonchev–Trinajstić information content (AvgIpc) is 3.08. The smallest absolute Gasteiger partial charge is 0.253 e. The minimum absolute atomic E-state index is 0. The van der Waals surface area contributed by atoms with Gasteiger partial charge in [0.1, 0.15) is 0 Å². The highest BCUT2D eigenvalue weighted by atomic mass is 35.5. The van der Waals surface area contributed by atoms with Crippen molar-refractivity contribution in [1.82, 2.24) is 15.0 Å². The average molecular weight is 393 g/mol. The molecule has 3 rings (SSSR count). The van der Waals surface area contributed by atoms with Gasteiger partial charge in [-0.25, -0.2) is 0 Å². The predicted octanol–water partition coefficient (Wildman–Crippen LogP) is 3.56. The molecule has 7 heteroatoms. The van der Waals surface area contributed by atoms with Gasteiger partial charge in [0.25, 0.3) is 5.91 Å². The summed E-state index contributed by atoms with van der Waals surface area (Å²) in [5.41, 5.74) is 7.28. The second-order valence-corrected chi connectivity index (χ2v) is 8.30. The summed E-state index contributed by atoms with van der Waals surface area (Å²) in [4.78, 5) is 19.2. The maximum atomic E-state index is 12.8. The van der Waals surface area contributed by atoms with Gasteiger partial charge in [0.05, 0.1) is 0 Å². The van der Waals surface area contributed by atoms with Crippen LogP contribution in [-0.4, -0.2) is 40.6 Å². The van der Waals surface area contributed by atoms with Crippen LogP contribution in [0.1, 0.15) is 49.9 Å². The number of hydrogen-bond donors (Lipinski definition) is 1. The largest absolute Gasteiger partial charge is 0.339 e. The zero-order valence-corrected chi connectivity index (χ0v) is 17.1. The Balaban J connectivity index is 0.00000261. The molecule has 1 aliphatic heterocycles. The van der Waals surface area contributed by atoms with Crippen molar-refractivity contribution in [2.24, 2.45) is 17.1 Å². The summed E-state index contributed by atoms with van der Waals surface area (Å²) in [6.45, 7) is 8.62. The SMILES string of the molecule is CC(C)(C)Cc1nc(-c2cccc(C(=O)N3CCC(CN)CC3)c2)no1.Cl. The Labute approximate surface area is 166 Å². The van der Waals surface area contributed by atoms with Crippen molar-refractivity contribution < 1.29 is 9.32 Å². The number of amides is 1. The van der Waals surface area contributed by atoms with E-state index in [1.807, 2.05) is 29.2 Å². The fourth-order valence-corrected chi connectivity index (χ4v) is 3.24. The Morgan fingerprint density at radius 2 is 2.00 bits per heavy atom. The van der Waals surface area contributed by atoms with Crippen LogP contribution in [0.25, 0.3) is 11.4 Å². The third-order valence-electron chi connectivity index (χ3n) is 4.75. The first-order chi connectivity index (χ1) is 12.4. The zero-order valence-electron chi connectivity index (χ0n) is 16.3. The Bertz CT molecular complexity index is 761. The molecule has 2 heterocycles. The summed E-state index contributed by atoms with van der Waals surface area (Å²) in [5, 5.41) is 4.08. The van der Waals surface area contributed by atoms with Crippen molar-refractivity contribution >= 4 is 18.3 Å². The highest BCUT2D eigenvalue weighted by Crippen LogP contribution is 2.24. The molecule has 0 atom stereocenters. The van der Waals surface area contributed by atoms with E-state index in [2.05, 4.69) is 30.9 Å². The Hall–Kier alpha value is -1.92. The van der Waals surface area contributed by atoms with E-state index in [0.29, 0.717) is 36.2 Å². The molecule has 27 heavy (non-hydrogen) atoms. The molecular formula is C20H29ClN4O2. The Kier molecular flexibility index (Phi) is 7.00. The van der Waals surface area contributed by atoms with Gasteiger partial charge in [-0.3, -0.25) is 4.79 Å². The van der Waals surface area contributed by atoms with E-state index in [9.17, 15) is 4.79 Å². The number of rotatable bonds is 4. The van der Waals surface area contributed by atoms with Crippen LogP contribution in [0.2, 0.25) is 0 Å². The summed E-state index contributed by atoms with van der Waals surface area (Å²) in [6.07, 6.45) is 2.67. The van der Waals surface area contributed by atoms with Crippen molar-refractivity contribution in [2.45, 2.75) is 40.0 Å².